The molecule has 20 heavy (non-hydrogen) atoms. The normalized spacial score (nSPS) is 19.6. The van der Waals surface area contributed by atoms with Gasteiger partial charge < -0.3 is 20.2 Å². The van der Waals surface area contributed by atoms with E-state index < -0.39 is 30.9 Å². The highest BCUT2D eigenvalue weighted by Gasteiger charge is 2.32. The van der Waals surface area contributed by atoms with Gasteiger partial charge in [0.25, 0.3) is 5.92 Å². The molecule has 6 nitrogen and oxygen atoms in total. The lowest BCUT2D eigenvalue weighted by Crippen LogP contribution is -2.50. The van der Waals surface area contributed by atoms with Crippen molar-refractivity contribution in [1.29, 1.82) is 0 Å². The van der Waals surface area contributed by atoms with Crippen molar-refractivity contribution in [2.24, 2.45) is 5.92 Å². The molecule has 0 saturated carbocycles. The SMILES string of the molecule is CN(C)C(=O)N1CCCC(C(=O)NCC(F)(F)CO)C1. The number of carbonyl (C=O) groups is 2. The van der Waals surface area contributed by atoms with Crippen molar-refractivity contribution in [2.45, 2.75) is 18.8 Å². The Bertz CT molecular complexity index is 364. The Morgan fingerprint density at radius 1 is 1.45 bits per heavy atom. The molecule has 1 heterocycles. The summed E-state index contributed by atoms with van der Waals surface area (Å²) in [5.74, 6) is -4.31. The van der Waals surface area contributed by atoms with Crippen LogP contribution in [0, 0.1) is 5.92 Å². The molecule has 1 unspecified atom stereocenters. The van der Waals surface area contributed by atoms with E-state index in [4.69, 9.17) is 5.11 Å². The highest BCUT2D eigenvalue weighted by Crippen LogP contribution is 2.18. The third kappa shape index (κ3) is 4.59. The second-order valence-electron chi connectivity index (χ2n) is 5.19. The topological polar surface area (TPSA) is 72.9 Å². The Morgan fingerprint density at radius 3 is 2.65 bits per heavy atom. The number of nitrogens with one attached hydrogen (secondary N) is 1. The van der Waals surface area contributed by atoms with Crippen LogP contribution in [-0.2, 0) is 4.79 Å². The van der Waals surface area contributed by atoms with Gasteiger partial charge in [-0.05, 0) is 12.8 Å². The van der Waals surface area contributed by atoms with Crippen LogP contribution in [0.25, 0.3) is 0 Å². The second-order valence-corrected chi connectivity index (χ2v) is 5.19. The van der Waals surface area contributed by atoms with Crippen molar-refractivity contribution in [3.05, 3.63) is 0 Å². The van der Waals surface area contributed by atoms with Gasteiger partial charge in [-0.1, -0.05) is 0 Å². The number of halogens is 2. The predicted molar refractivity (Wildman–Crippen MR) is 68.4 cm³/mol. The number of hydrogen-bond acceptors (Lipinski definition) is 3. The number of aliphatic hydroxyl groups is 1. The van der Waals surface area contributed by atoms with Crippen LogP contribution >= 0.6 is 0 Å². The lowest BCUT2D eigenvalue weighted by atomic mass is 9.97. The Kier molecular flexibility index (Phi) is 5.67. The van der Waals surface area contributed by atoms with E-state index >= 15 is 0 Å². The Balaban J connectivity index is 2.50. The number of carbonyl (C=O) groups excluding carboxylic acids is 2. The summed E-state index contributed by atoms with van der Waals surface area (Å²) in [4.78, 5) is 26.6. The van der Waals surface area contributed by atoms with Gasteiger partial charge in [-0.25, -0.2) is 13.6 Å². The monoisotopic (exact) mass is 293 g/mol. The third-order valence-corrected chi connectivity index (χ3v) is 3.20. The van der Waals surface area contributed by atoms with Gasteiger partial charge in [-0.15, -0.1) is 0 Å². The lowest BCUT2D eigenvalue weighted by Gasteiger charge is -2.33. The molecule has 1 saturated heterocycles. The summed E-state index contributed by atoms with van der Waals surface area (Å²) in [6, 6.07) is -0.191. The second kappa shape index (κ2) is 6.83. The van der Waals surface area contributed by atoms with Gasteiger partial charge in [0.2, 0.25) is 5.91 Å². The standard InChI is InChI=1S/C12H21F2N3O3/c1-16(2)11(20)17-5-3-4-9(6-17)10(19)15-7-12(13,14)8-18/h9,18H,3-8H2,1-2H3,(H,15,19). The van der Waals surface area contributed by atoms with E-state index in [1.165, 1.54) is 9.80 Å². The average Bonchev–Trinajstić information content (AvgIpc) is 2.44. The summed E-state index contributed by atoms with van der Waals surface area (Å²) in [5, 5.41) is 10.6. The summed E-state index contributed by atoms with van der Waals surface area (Å²) in [6.07, 6.45) is 1.22. The fourth-order valence-electron chi connectivity index (χ4n) is 2.06. The number of urea groups is 1. The molecule has 116 valence electrons. The molecule has 3 amide bonds. The minimum atomic E-state index is -3.32. The molecule has 2 N–H and O–H groups in total. The van der Waals surface area contributed by atoms with Gasteiger partial charge in [0.15, 0.2) is 0 Å². The minimum Gasteiger partial charge on any atom is -0.390 e. The summed E-state index contributed by atoms with van der Waals surface area (Å²) in [7, 11) is 3.24. The van der Waals surface area contributed by atoms with E-state index in [-0.39, 0.29) is 12.6 Å². The predicted octanol–water partition coefficient (Wildman–Crippen LogP) is 0.124. The van der Waals surface area contributed by atoms with Crippen LogP contribution in [0.1, 0.15) is 12.8 Å². The van der Waals surface area contributed by atoms with Crippen molar-refractivity contribution >= 4 is 11.9 Å². The van der Waals surface area contributed by atoms with Crippen molar-refractivity contribution in [3.63, 3.8) is 0 Å². The molecule has 1 fully saturated rings. The molecule has 0 aromatic heterocycles. The maximum atomic E-state index is 12.9. The van der Waals surface area contributed by atoms with E-state index in [0.29, 0.717) is 19.4 Å². The molecule has 1 atom stereocenters. The fourth-order valence-corrected chi connectivity index (χ4v) is 2.06. The zero-order valence-electron chi connectivity index (χ0n) is 11.7. The van der Waals surface area contributed by atoms with E-state index in [0.717, 1.165) is 0 Å². The van der Waals surface area contributed by atoms with E-state index in [9.17, 15) is 18.4 Å². The van der Waals surface area contributed by atoms with Crippen LogP contribution in [0.3, 0.4) is 0 Å². The van der Waals surface area contributed by atoms with Gasteiger partial charge in [0, 0.05) is 27.2 Å². The number of aliphatic hydroxyl groups excluding tert-OH is 1. The van der Waals surface area contributed by atoms with Gasteiger partial charge in [-0.2, -0.15) is 0 Å². The summed E-state index contributed by atoms with van der Waals surface area (Å²) in [6.45, 7) is -1.40. The molecule has 0 aromatic carbocycles. The highest BCUT2D eigenvalue weighted by molar-refractivity contribution is 5.80. The summed E-state index contributed by atoms with van der Waals surface area (Å²) >= 11 is 0. The number of hydrogen-bond donors (Lipinski definition) is 2. The van der Waals surface area contributed by atoms with Gasteiger partial charge >= 0.3 is 6.03 Å². The molecular formula is C12H21F2N3O3. The van der Waals surface area contributed by atoms with E-state index in [1.807, 2.05) is 0 Å². The molecule has 0 bridgehead atoms. The molecule has 1 aliphatic rings. The van der Waals surface area contributed by atoms with Gasteiger partial charge in [-0.3, -0.25) is 4.79 Å². The molecular weight excluding hydrogens is 272 g/mol. The fraction of sp³-hybridized carbons (Fsp3) is 0.833. The average molecular weight is 293 g/mol. The number of nitrogens with zero attached hydrogens (tertiary/aromatic N) is 2. The molecule has 8 heteroatoms. The number of amides is 3. The minimum absolute atomic E-state index is 0.191. The lowest BCUT2D eigenvalue weighted by molar-refractivity contribution is -0.129. The Hall–Kier alpha value is -1.44. The third-order valence-electron chi connectivity index (χ3n) is 3.20. The van der Waals surface area contributed by atoms with E-state index in [2.05, 4.69) is 5.32 Å². The van der Waals surface area contributed by atoms with Crippen LogP contribution in [0.5, 0.6) is 0 Å². The summed E-state index contributed by atoms with van der Waals surface area (Å²) < 4.78 is 25.7. The first-order chi connectivity index (χ1) is 9.26. The zero-order valence-corrected chi connectivity index (χ0v) is 11.7. The Labute approximate surface area is 116 Å². The maximum absolute atomic E-state index is 12.9. The number of alkyl halides is 2. The first-order valence-electron chi connectivity index (χ1n) is 6.49. The first kappa shape index (κ1) is 16.6. The number of rotatable bonds is 4. The molecule has 0 aromatic rings. The van der Waals surface area contributed by atoms with Gasteiger partial charge in [0.1, 0.15) is 6.61 Å². The van der Waals surface area contributed by atoms with Gasteiger partial charge in [0.05, 0.1) is 12.5 Å². The molecule has 0 aliphatic carbocycles. The van der Waals surface area contributed by atoms with Crippen LogP contribution in [0.2, 0.25) is 0 Å². The quantitative estimate of drug-likeness (QED) is 0.773. The van der Waals surface area contributed by atoms with Crippen molar-refractivity contribution in [2.75, 3.05) is 40.3 Å². The van der Waals surface area contributed by atoms with Crippen LogP contribution in [0.4, 0.5) is 13.6 Å². The van der Waals surface area contributed by atoms with Crippen molar-refractivity contribution in [3.8, 4) is 0 Å². The molecule has 1 rings (SSSR count). The van der Waals surface area contributed by atoms with Crippen LogP contribution < -0.4 is 5.32 Å². The largest absolute Gasteiger partial charge is 0.390 e. The maximum Gasteiger partial charge on any atom is 0.319 e. The van der Waals surface area contributed by atoms with Crippen molar-refractivity contribution in [1.82, 2.24) is 15.1 Å². The highest BCUT2D eigenvalue weighted by atomic mass is 19.3. The molecule has 1 aliphatic heterocycles. The van der Waals surface area contributed by atoms with E-state index in [1.54, 1.807) is 14.1 Å². The van der Waals surface area contributed by atoms with Crippen LogP contribution in [-0.4, -0.2) is 73.1 Å². The molecule has 0 radical (unpaired) electrons. The number of piperidine rings is 1. The smallest absolute Gasteiger partial charge is 0.319 e. The van der Waals surface area contributed by atoms with Crippen molar-refractivity contribution < 1.29 is 23.5 Å². The number of likely N-dealkylation sites (tertiary alicyclic amines) is 1. The van der Waals surface area contributed by atoms with Crippen LogP contribution in [0.15, 0.2) is 0 Å². The summed E-state index contributed by atoms with van der Waals surface area (Å²) in [5.41, 5.74) is 0. The molecule has 0 spiro atoms. The zero-order chi connectivity index (χ0) is 15.3. The first-order valence-corrected chi connectivity index (χ1v) is 6.49. The Morgan fingerprint density at radius 2 is 2.10 bits per heavy atom.